The molecule has 0 aliphatic heterocycles. The van der Waals surface area contributed by atoms with E-state index in [1.807, 2.05) is 0 Å². The molecule has 0 aromatic heterocycles. The third-order valence-corrected chi connectivity index (χ3v) is 0.348. The van der Waals surface area contributed by atoms with Crippen molar-refractivity contribution < 1.29 is 32.1 Å². The largest absolute Gasteiger partial charge is 0.466 e. The molecule has 0 fully saturated rings. The van der Waals surface area contributed by atoms with Crippen molar-refractivity contribution in [3.63, 3.8) is 0 Å². The van der Waals surface area contributed by atoms with Crippen LogP contribution in [0.25, 0.3) is 0 Å². The van der Waals surface area contributed by atoms with Crippen molar-refractivity contribution in [2.45, 2.75) is 13.8 Å². The Balaban J connectivity index is -0.000000125. The average Bonchev–Trinajstić information content (AvgIpc) is 1.35. The first-order valence-electron chi connectivity index (χ1n) is 1.90. The van der Waals surface area contributed by atoms with Crippen molar-refractivity contribution in [3.8, 4) is 0 Å². The smallest absolute Gasteiger partial charge is 0.302 e. The molecular weight excluding hydrogens is 160 g/mol. The molecular formula is C4H10CuO3. The fourth-order valence-electron chi connectivity index (χ4n) is 0.203. The minimum atomic E-state index is -0.211. The molecule has 2 N–H and O–H groups in total. The van der Waals surface area contributed by atoms with Gasteiger partial charge in [-0.25, -0.2) is 0 Å². The zero-order valence-corrected chi connectivity index (χ0v) is 5.77. The van der Waals surface area contributed by atoms with Crippen LogP contribution in [0.4, 0.5) is 0 Å². The van der Waals surface area contributed by atoms with Gasteiger partial charge in [0.2, 0.25) is 0 Å². The molecule has 55 valence electrons. The predicted molar refractivity (Wildman–Crippen MR) is 25.9 cm³/mol. The standard InChI is InChI=1S/C4H8O2.Cu.H2O/c1-3-6-4(2)5;;/h3H2,1-2H3;;1H2. The molecule has 0 atom stereocenters. The van der Waals surface area contributed by atoms with E-state index in [0.29, 0.717) is 6.61 Å². The van der Waals surface area contributed by atoms with Crippen molar-refractivity contribution in [3.05, 3.63) is 0 Å². The molecule has 0 saturated heterocycles. The Labute approximate surface area is 59.2 Å². The first kappa shape index (κ1) is 15.7. The second kappa shape index (κ2) is 10.0. The van der Waals surface area contributed by atoms with Crippen LogP contribution >= 0.6 is 0 Å². The maximum atomic E-state index is 9.82. The molecule has 0 aromatic rings. The molecule has 0 unspecified atom stereocenters. The quantitative estimate of drug-likeness (QED) is 0.401. The van der Waals surface area contributed by atoms with Gasteiger partial charge < -0.3 is 10.2 Å². The van der Waals surface area contributed by atoms with Gasteiger partial charge in [-0.15, -0.1) is 0 Å². The third-order valence-electron chi connectivity index (χ3n) is 0.348. The van der Waals surface area contributed by atoms with Gasteiger partial charge >= 0.3 is 5.97 Å². The molecule has 0 heterocycles. The summed E-state index contributed by atoms with van der Waals surface area (Å²) in [4.78, 5) is 9.82. The summed E-state index contributed by atoms with van der Waals surface area (Å²) in [5.74, 6) is -0.211. The van der Waals surface area contributed by atoms with Crippen LogP contribution in [0.2, 0.25) is 0 Å². The summed E-state index contributed by atoms with van der Waals surface area (Å²) in [7, 11) is 0. The molecule has 0 rings (SSSR count). The molecule has 1 radical (unpaired) electrons. The molecule has 8 heavy (non-hydrogen) atoms. The number of hydrogen-bond donors (Lipinski definition) is 0. The second-order valence-electron chi connectivity index (χ2n) is 0.925. The zero-order valence-electron chi connectivity index (χ0n) is 4.83. The first-order valence-corrected chi connectivity index (χ1v) is 1.90. The molecule has 0 aromatic carbocycles. The normalized spacial score (nSPS) is 5.75. The fourth-order valence-corrected chi connectivity index (χ4v) is 0.203. The summed E-state index contributed by atoms with van der Waals surface area (Å²) in [6, 6.07) is 0. The molecule has 4 heteroatoms. The monoisotopic (exact) mass is 169 g/mol. The molecule has 0 aliphatic rings. The maximum Gasteiger partial charge on any atom is 0.302 e. The van der Waals surface area contributed by atoms with Crippen molar-refractivity contribution >= 4 is 5.97 Å². The minimum Gasteiger partial charge on any atom is -0.466 e. The van der Waals surface area contributed by atoms with E-state index >= 15 is 0 Å². The maximum absolute atomic E-state index is 9.82. The Morgan fingerprint density at radius 1 is 1.62 bits per heavy atom. The van der Waals surface area contributed by atoms with Crippen LogP contribution in [0.3, 0.4) is 0 Å². The first-order chi connectivity index (χ1) is 2.77. The van der Waals surface area contributed by atoms with Gasteiger partial charge in [-0.05, 0) is 6.92 Å². The van der Waals surface area contributed by atoms with E-state index in [0.717, 1.165) is 0 Å². The number of carbonyl (C=O) groups excluding carboxylic acids is 1. The molecule has 0 saturated carbocycles. The number of hydrogen-bond acceptors (Lipinski definition) is 2. The number of esters is 1. The van der Waals surface area contributed by atoms with Gasteiger partial charge in [0.05, 0.1) is 6.61 Å². The molecule has 3 nitrogen and oxygen atoms in total. The van der Waals surface area contributed by atoms with E-state index in [2.05, 4.69) is 4.74 Å². The summed E-state index contributed by atoms with van der Waals surface area (Å²) >= 11 is 0. The zero-order chi connectivity index (χ0) is 4.99. The fraction of sp³-hybridized carbons (Fsp3) is 0.750. The third kappa shape index (κ3) is 16.8. The van der Waals surface area contributed by atoms with Crippen LogP contribution in [0.5, 0.6) is 0 Å². The van der Waals surface area contributed by atoms with Crippen molar-refractivity contribution in [2.24, 2.45) is 0 Å². The van der Waals surface area contributed by atoms with E-state index in [1.165, 1.54) is 6.92 Å². The van der Waals surface area contributed by atoms with E-state index in [9.17, 15) is 4.79 Å². The van der Waals surface area contributed by atoms with Crippen LogP contribution in [0.15, 0.2) is 0 Å². The number of carbonyl (C=O) groups is 1. The van der Waals surface area contributed by atoms with Crippen LogP contribution in [0.1, 0.15) is 13.8 Å². The Morgan fingerprint density at radius 3 is 2.00 bits per heavy atom. The summed E-state index contributed by atoms with van der Waals surface area (Å²) in [6.07, 6.45) is 0. The Hall–Kier alpha value is -0.0505. The second-order valence-corrected chi connectivity index (χ2v) is 0.925. The Bertz CT molecular complexity index is 55.2. The summed E-state index contributed by atoms with van der Waals surface area (Å²) < 4.78 is 4.40. The summed E-state index contributed by atoms with van der Waals surface area (Å²) in [5.41, 5.74) is 0. The van der Waals surface area contributed by atoms with Crippen LogP contribution in [0, 0.1) is 0 Å². The molecule has 0 amide bonds. The van der Waals surface area contributed by atoms with Gasteiger partial charge in [0.25, 0.3) is 0 Å². The van der Waals surface area contributed by atoms with E-state index in [1.54, 1.807) is 6.92 Å². The molecule has 0 spiro atoms. The molecule has 0 bridgehead atoms. The van der Waals surface area contributed by atoms with Crippen molar-refractivity contribution in [1.82, 2.24) is 0 Å². The Kier molecular flexibility index (Phi) is 19.7. The van der Waals surface area contributed by atoms with Gasteiger partial charge in [-0.3, -0.25) is 4.79 Å². The van der Waals surface area contributed by atoms with E-state index < -0.39 is 0 Å². The van der Waals surface area contributed by atoms with Gasteiger partial charge in [-0.2, -0.15) is 0 Å². The van der Waals surface area contributed by atoms with Crippen LogP contribution in [-0.4, -0.2) is 18.1 Å². The SMILES string of the molecule is CCOC(C)=O.O.[Cu]. The molecule has 0 aliphatic carbocycles. The average molecular weight is 170 g/mol. The van der Waals surface area contributed by atoms with Crippen LogP contribution < -0.4 is 0 Å². The van der Waals surface area contributed by atoms with E-state index in [-0.39, 0.29) is 28.5 Å². The van der Waals surface area contributed by atoms with Gasteiger partial charge in [0, 0.05) is 24.0 Å². The summed E-state index contributed by atoms with van der Waals surface area (Å²) in [6.45, 7) is 3.65. The number of ether oxygens (including phenoxy) is 1. The Morgan fingerprint density at radius 2 is 2.00 bits per heavy atom. The van der Waals surface area contributed by atoms with Crippen molar-refractivity contribution in [1.29, 1.82) is 0 Å². The van der Waals surface area contributed by atoms with E-state index in [4.69, 9.17) is 0 Å². The topological polar surface area (TPSA) is 57.8 Å². The van der Waals surface area contributed by atoms with Gasteiger partial charge in [0.15, 0.2) is 0 Å². The van der Waals surface area contributed by atoms with Gasteiger partial charge in [-0.1, -0.05) is 0 Å². The minimum absolute atomic E-state index is 0. The van der Waals surface area contributed by atoms with Gasteiger partial charge in [0.1, 0.15) is 0 Å². The number of rotatable bonds is 1. The van der Waals surface area contributed by atoms with Crippen molar-refractivity contribution in [2.75, 3.05) is 6.61 Å². The predicted octanol–water partition coefficient (Wildman–Crippen LogP) is -0.258. The van der Waals surface area contributed by atoms with Crippen LogP contribution in [-0.2, 0) is 26.6 Å². The summed E-state index contributed by atoms with van der Waals surface area (Å²) in [5, 5.41) is 0.